The molecule has 1 N–H and O–H groups in total. The zero-order valence-corrected chi connectivity index (χ0v) is 11.2. The summed E-state index contributed by atoms with van der Waals surface area (Å²) in [5.74, 6) is 0. The average Bonchev–Trinajstić information content (AvgIpc) is 2.25. The van der Waals surface area contributed by atoms with E-state index in [-0.39, 0.29) is 0 Å². The van der Waals surface area contributed by atoms with Gasteiger partial charge in [-0.2, -0.15) is 0 Å². The van der Waals surface area contributed by atoms with E-state index in [4.69, 9.17) is 0 Å². The Morgan fingerprint density at radius 3 is 2.27 bits per heavy atom. The molecule has 0 radical (unpaired) electrons. The lowest BCUT2D eigenvalue weighted by Crippen LogP contribution is -2.41. The Balaban J connectivity index is 3.87. The summed E-state index contributed by atoms with van der Waals surface area (Å²) >= 11 is 0. The van der Waals surface area contributed by atoms with Crippen molar-refractivity contribution < 1.29 is 0 Å². The van der Waals surface area contributed by atoms with Crippen molar-refractivity contribution in [1.29, 1.82) is 0 Å². The number of nitrogens with one attached hydrogen (secondary N) is 1. The van der Waals surface area contributed by atoms with Crippen LogP contribution in [0.5, 0.6) is 0 Å². The summed E-state index contributed by atoms with van der Waals surface area (Å²) in [6.45, 7) is 13.7. The van der Waals surface area contributed by atoms with Crippen LogP contribution in [0.25, 0.3) is 0 Å². The molecule has 0 heterocycles. The third-order valence-electron chi connectivity index (χ3n) is 2.86. The summed E-state index contributed by atoms with van der Waals surface area (Å²) < 4.78 is 0. The molecular formula is C13H30N2. The minimum absolute atomic E-state index is 0.696. The maximum absolute atomic E-state index is 3.60. The highest BCUT2D eigenvalue weighted by Crippen LogP contribution is 2.03. The minimum Gasteiger partial charge on any atom is -0.313 e. The fourth-order valence-corrected chi connectivity index (χ4v) is 2.00. The summed E-state index contributed by atoms with van der Waals surface area (Å²) in [5, 5.41) is 3.60. The van der Waals surface area contributed by atoms with Crippen molar-refractivity contribution in [3.8, 4) is 0 Å². The van der Waals surface area contributed by atoms with Crippen molar-refractivity contribution >= 4 is 0 Å². The molecule has 0 aromatic heterocycles. The molecule has 0 aliphatic heterocycles. The van der Waals surface area contributed by atoms with E-state index in [0.717, 1.165) is 6.54 Å². The number of rotatable bonds is 10. The maximum Gasteiger partial charge on any atom is 0.0194 e. The topological polar surface area (TPSA) is 15.3 Å². The predicted molar refractivity (Wildman–Crippen MR) is 69.4 cm³/mol. The summed E-state index contributed by atoms with van der Waals surface area (Å²) in [4.78, 5) is 2.56. The standard InChI is InChI=1S/C13H30N2/c1-5-9-10-13(14-7-3)12-15(8-4)11-6-2/h13-14H,5-12H2,1-4H3/t13-/m0/s1. The van der Waals surface area contributed by atoms with Crippen molar-refractivity contribution in [3.05, 3.63) is 0 Å². The first kappa shape index (κ1) is 14.9. The molecule has 2 heteroatoms. The first-order valence-corrected chi connectivity index (χ1v) is 6.74. The fraction of sp³-hybridized carbons (Fsp3) is 1.00. The van der Waals surface area contributed by atoms with Gasteiger partial charge in [0.15, 0.2) is 0 Å². The lowest BCUT2D eigenvalue weighted by molar-refractivity contribution is 0.246. The molecular weight excluding hydrogens is 184 g/mol. The van der Waals surface area contributed by atoms with Gasteiger partial charge in [-0.25, -0.2) is 0 Å². The zero-order chi connectivity index (χ0) is 11.5. The number of hydrogen-bond acceptors (Lipinski definition) is 2. The molecule has 0 aromatic carbocycles. The summed E-state index contributed by atoms with van der Waals surface area (Å²) in [7, 11) is 0. The highest BCUT2D eigenvalue weighted by molar-refractivity contribution is 4.71. The van der Waals surface area contributed by atoms with Gasteiger partial charge < -0.3 is 10.2 Å². The first-order valence-electron chi connectivity index (χ1n) is 6.74. The van der Waals surface area contributed by atoms with Crippen LogP contribution in [0.3, 0.4) is 0 Å². The highest BCUT2D eigenvalue weighted by Gasteiger charge is 2.10. The molecule has 92 valence electrons. The Bertz CT molecular complexity index is 126. The van der Waals surface area contributed by atoms with E-state index in [1.165, 1.54) is 45.3 Å². The molecule has 0 aromatic rings. The molecule has 0 rings (SSSR count). The quantitative estimate of drug-likeness (QED) is 0.601. The average molecular weight is 214 g/mol. The van der Waals surface area contributed by atoms with Crippen molar-refractivity contribution in [2.24, 2.45) is 0 Å². The van der Waals surface area contributed by atoms with Crippen molar-refractivity contribution in [2.45, 2.75) is 59.4 Å². The highest BCUT2D eigenvalue weighted by atomic mass is 15.1. The van der Waals surface area contributed by atoms with Gasteiger partial charge in [-0.05, 0) is 32.5 Å². The van der Waals surface area contributed by atoms with E-state index in [1.54, 1.807) is 0 Å². The van der Waals surface area contributed by atoms with E-state index in [9.17, 15) is 0 Å². The normalized spacial score (nSPS) is 13.4. The minimum atomic E-state index is 0.696. The Morgan fingerprint density at radius 1 is 1.07 bits per heavy atom. The third-order valence-corrected chi connectivity index (χ3v) is 2.86. The Labute approximate surface area is 96.4 Å². The molecule has 2 nitrogen and oxygen atoms in total. The van der Waals surface area contributed by atoms with Crippen molar-refractivity contribution in [1.82, 2.24) is 10.2 Å². The van der Waals surface area contributed by atoms with Crippen LogP contribution in [0.4, 0.5) is 0 Å². The molecule has 0 saturated carbocycles. The molecule has 15 heavy (non-hydrogen) atoms. The first-order chi connectivity index (χ1) is 7.28. The smallest absolute Gasteiger partial charge is 0.0194 e. The summed E-state index contributed by atoms with van der Waals surface area (Å²) in [6, 6.07) is 0.696. The number of unbranched alkanes of at least 4 members (excludes halogenated alkanes) is 1. The van der Waals surface area contributed by atoms with Gasteiger partial charge in [-0.3, -0.25) is 0 Å². The molecule has 0 amide bonds. The van der Waals surface area contributed by atoms with E-state index in [2.05, 4.69) is 37.9 Å². The van der Waals surface area contributed by atoms with Gasteiger partial charge in [-0.1, -0.05) is 40.5 Å². The number of nitrogens with zero attached hydrogens (tertiary/aromatic N) is 1. The van der Waals surface area contributed by atoms with Crippen molar-refractivity contribution in [3.63, 3.8) is 0 Å². The molecule has 0 fully saturated rings. The molecule has 0 spiro atoms. The van der Waals surface area contributed by atoms with Crippen LogP contribution in [0, 0.1) is 0 Å². The number of hydrogen-bond donors (Lipinski definition) is 1. The van der Waals surface area contributed by atoms with Gasteiger partial charge in [0, 0.05) is 12.6 Å². The second-order valence-corrected chi connectivity index (χ2v) is 4.29. The summed E-state index contributed by atoms with van der Waals surface area (Å²) in [6.07, 6.45) is 5.24. The van der Waals surface area contributed by atoms with Crippen LogP contribution in [0.15, 0.2) is 0 Å². The Morgan fingerprint density at radius 2 is 1.80 bits per heavy atom. The Hall–Kier alpha value is -0.0800. The van der Waals surface area contributed by atoms with Gasteiger partial charge in [0.25, 0.3) is 0 Å². The SMILES string of the molecule is CCCC[C@@H](CN(CC)CCC)NCC. The van der Waals surface area contributed by atoms with Crippen molar-refractivity contribution in [2.75, 3.05) is 26.2 Å². The van der Waals surface area contributed by atoms with Gasteiger partial charge in [0.1, 0.15) is 0 Å². The molecule has 1 atom stereocenters. The summed E-state index contributed by atoms with van der Waals surface area (Å²) in [5.41, 5.74) is 0. The van der Waals surface area contributed by atoms with E-state index in [0.29, 0.717) is 6.04 Å². The van der Waals surface area contributed by atoms with Crippen LogP contribution in [0.1, 0.15) is 53.4 Å². The van der Waals surface area contributed by atoms with Gasteiger partial charge >= 0.3 is 0 Å². The van der Waals surface area contributed by atoms with Crippen LogP contribution in [-0.2, 0) is 0 Å². The van der Waals surface area contributed by atoms with E-state index >= 15 is 0 Å². The monoisotopic (exact) mass is 214 g/mol. The molecule has 0 aliphatic carbocycles. The number of likely N-dealkylation sites (N-methyl/N-ethyl adjacent to an activating group) is 2. The van der Waals surface area contributed by atoms with Crippen LogP contribution in [0.2, 0.25) is 0 Å². The van der Waals surface area contributed by atoms with Gasteiger partial charge in [0.2, 0.25) is 0 Å². The second kappa shape index (κ2) is 10.4. The van der Waals surface area contributed by atoms with E-state index in [1.807, 2.05) is 0 Å². The maximum atomic E-state index is 3.60. The third kappa shape index (κ3) is 7.80. The predicted octanol–water partition coefficient (Wildman–Crippen LogP) is 2.89. The lowest BCUT2D eigenvalue weighted by atomic mass is 10.1. The van der Waals surface area contributed by atoms with Gasteiger partial charge in [0.05, 0.1) is 0 Å². The molecule has 0 aliphatic rings. The van der Waals surface area contributed by atoms with Gasteiger partial charge in [-0.15, -0.1) is 0 Å². The molecule has 0 bridgehead atoms. The van der Waals surface area contributed by atoms with E-state index < -0.39 is 0 Å². The van der Waals surface area contributed by atoms with Crippen LogP contribution >= 0.6 is 0 Å². The largest absolute Gasteiger partial charge is 0.313 e. The Kier molecular flexibility index (Phi) is 10.4. The van der Waals surface area contributed by atoms with Crippen LogP contribution in [-0.4, -0.2) is 37.1 Å². The zero-order valence-electron chi connectivity index (χ0n) is 11.2. The second-order valence-electron chi connectivity index (χ2n) is 4.29. The molecule has 0 unspecified atom stereocenters. The molecule has 0 saturated heterocycles. The lowest BCUT2D eigenvalue weighted by Gasteiger charge is -2.26. The fourth-order valence-electron chi connectivity index (χ4n) is 2.00. The van der Waals surface area contributed by atoms with Crippen LogP contribution < -0.4 is 5.32 Å².